The highest BCUT2D eigenvalue weighted by molar-refractivity contribution is 5.83. The molecular weight excluding hydrogens is 869 g/mol. The monoisotopic (exact) mass is 985 g/mol. The minimum atomic E-state index is 0.602. The van der Waals surface area contributed by atoms with Crippen LogP contribution in [-0.2, 0) is 12.8 Å². The van der Waals surface area contributed by atoms with Crippen LogP contribution in [0.3, 0.4) is 0 Å². The molecule has 406 valence electrons. The van der Waals surface area contributed by atoms with Crippen molar-refractivity contribution in [1.82, 2.24) is 0 Å². The highest BCUT2D eigenvalue weighted by Gasteiger charge is 2.37. The highest BCUT2D eigenvalue weighted by atomic mass is 15.2. The van der Waals surface area contributed by atoms with Crippen molar-refractivity contribution in [2.24, 2.45) is 11.8 Å². The molecule has 0 aromatic heterocycles. The normalized spacial score (nSPS) is 14.4. The van der Waals surface area contributed by atoms with Gasteiger partial charge >= 0.3 is 0 Å². The van der Waals surface area contributed by atoms with Crippen molar-refractivity contribution in [2.45, 2.75) is 312 Å². The number of unbranched alkanes of at least 4 members (excludes halogenated alkanes) is 20. The van der Waals surface area contributed by atoms with Gasteiger partial charge in [-0.05, 0) is 151 Å². The van der Waals surface area contributed by atoms with Crippen LogP contribution in [0.2, 0.25) is 0 Å². The lowest BCUT2D eigenvalue weighted by molar-refractivity contribution is -0.345. The molecule has 0 saturated heterocycles. The molecule has 72 heavy (non-hydrogen) atoms. The average Bonchev–Trinajstić information content (AvgIpc) is 3.67. The minimum Gasteiger partial charge on any atom is -0.493 e. The van der Waals surface area contributed by atoms with Crippen molar-refractivity contribution in [1.29, 1.82) is 0 Å². The second kappa shape index (κ2) is 41.3. The first kappa shape index (κ1) is 63.3. The van der Waals surface area contributed by atoms with Gasteiger partial charge in [-0.15, -0.1) is 0 Å². The van der Waals surface area contributed by atoms with Gasteiger partial charge in [-0.3, -0.25) is 0 Å². The molecule has 0 amide bonds. The molecule has 2 aromatic rings. The van der Waals surface area contributed by atoms with Gasteiger partial charge in [-0.2, -0.15) is 0 Å². The van der Waals surface area contributed by atoms with Gasteiger partial charge in [0.15, 0.2) is 0 Å². The summed E-state index contributed by atoms with van der Waals surface area (Å²) in [5.74, 6) is 1.20. The van der Waals surface area contributed by atoms with Crippen molar-refractivity contribution in [2.75, 3.05) is 0 Å². The van der Waals surface area contributed by atoms with Gasteiger partial charge < -0.3 is 5.53 Å². The maximum Gasteiger partial charge on any atom is 0.211 e. The van der Waals surface area contributed by atoms with Gasteiger partial charge in [0, 0.05) is 22.3 Å². The van der Waals surface area contributed by atoms with Crippen LogP contribution in [0, 0.1) is 11.8 Å². The molecular formula is C70H116N2. The molecule has 1 aliphatic heterocycles. The third-order valence-corrected chi connectivity index (χ3v) is 16.2. The predicted octanol–water partition coefficient (Wildman–Crippen LogP) is 24.0. The van der Waals surface area contributed by atoms with E-state index in [-0.39, 0.29) is 0 Å². The number of allylic oxidation sites excluding steroid dienone is 6. The highest BCUT2D eigenvalue weighted by Crippen LogP contribution is 2.46. The predicted molar refractivity (Wildman–Crippen MR) is 322 cm³/mol. The third kappa shape index (κ3) is 24.6. The maximum atomic E-state index is 13.1. The summed E-state index contributed by atoms with van der Waals surface area (Å²) < 4.78 is 1.72. The van der Waals surface area contributed by atoms with Gasteiger partial charge in [0.2, 0.25) is 11.4 Å². The number of rotatable bonds is 46. The lowest BCUT2D eigenvalue weighted by atomic mass is 9.87. The van der Waals surface area contributed by atoms with Gasteiger partial charge in [-0.1, -0.05) is 256 Å². The largest absolute Gasteiger partial charge is 0.493 e. The zero-order valence-electron chi connectivity index (χ0n) is 49.1. The number of nitrogens with zero attached hydrogens (tertiary/aromatic N) is 2. The molecule has 0 radical (unpaired) electrons. The summed E-state index contributed by atoms with van der Waals surface area (Å²) in [5.41, 5.74) is 26.8. The molecule has 0 aliphatic carbocycles. The topological polar surface area (TPSA) is 25.3 Å². The fourth-order valence-electron chi connectivity index (χ4n) is 11.7. The molecule has 2 atom stereocenters. The van der Waals surface area contributed by atoms with E-state index >= 15 is 0 Å². The van der Waals surface area contributed by atoms with E-state index in [1.807, 2.05) is 0 Å². The Morgan fingerprint density at radius 2 is 0.694 bits per heavy atom. The second-order valence-electron chi connectivity index (χ2n) is 22.7. The van der Waals surface area contributed by atoms with Crippen LogP contribution < -0.4 is 0 Å². The summed E-state index contributed by atoms with van der Waals surface area (Å²) in [6.45, 7) is 18.7. The molecule has 3 rings (SSSR count). The summed E-state index contributed by atoms with van der Waals surface area (Å²) in [6, 6.07) is 18.5. The second-order valence-corrected chi connectivity index (χ2v) is 22.7. The molecule has 1 heterocycles. The van der Waals surface area contributed by atoms with E-state index < -0.39 is 0 Å². The van der Waals surface area contributed by atoms with Crippen molar-refractivity contribution in [3.05, 3.63) is 111 Å². The lowest BCUT2D eigenvalue weighted by Crippen LogP contribution is -2.09. The van der Waals surface area contributed by atoms with E-state index in [0.717, 1.165) is 49.9 Å². The first-order chi connectivity index (χ1) is 35.4. The Labute approximate surface area is 448 Å². The van der Waals surface area contributed by atoms with Crippen LogP contribution >= 0.6 is 0 Å². The molecule has 2 heteroatoms. The number of aryl methyl sites for hydroxylation is 2. The zero-order valence-corrected chi connectivity index (χ0v) is 49.1. The Morgan fingerprint density at radius 1 is 0.361 bits per heavy atom. The number of hydrogen-bond donors (Lipinski definition) is 0. The van der Waals surface area contributed by atoms with Gasteiger partial charge in [0.25, 0.3) is 0 Å². The smallest absolute Gasteiger partial charge is 0.211 e. The fraction of sp³-hybridized carbons (Fsp3) is 0.714. The molecule has 2 nitrogen and oxygen atoms in total. The van der Waals surface area contributed by atoms with E-state index in [1.54, 1.807) is 15.8 Å². The first-order valence-electron chi connectivity index (χ1n) is 31.9. The summed E-state index contributed by atoms with van der Waals surface area (Å²) in [7, 11) is 0. The standard InChI is InChI=1S/C70H116N2/c1-9-17-25-28-30-32-34-45-59(41-20-12-4)57-61(43-22-14-6)53-55-63-47-37-39-50-65(63)69-67(49-24-16-8)68(52-36-27-19-11-3)70(72(69)71)66-51-40-38-48-64(66)56-54-62(44-23-15-7)58-60(42-21-13-5)46-35-33-31-29-26-18-10-2/h37-40,47-48,50-51,57-58,61-62H,9-36,41-46,49,52-56H2,1-8H3. The molecule has 0 bridgehead atoms. The summed E-state index contributed by atoms with van der Waals surface area (Å²) in [6.07, 6.45) is 56.4. The Morgan fingerprint density at radius 3 is 1.10 bits per heavy atom. The quantitative estimate of drug-likeness (QED) is 0.0359. The summed E-state index contributed by atoms with van der Waals surface area (Å²) in [5, 5.41) is 0. The molecule has 0 spiro atoms. The summed E-state index contributed by atoms with van der Waals surface area (Å²) in [4.78, 5) is 0. The van der Waals surface area contributed by atoms with E-state index in [1.165, 1.54) is 252 Å². The van der Waals surface area contributed by atoms with Crippen LogP contribution in [-0.4, -0.2) is 4.70 Å². The van der Waals surface area contributed by atoms with Crippen LogP contribution in [0.4, 0.5) is 0 Å². The molecule has 2 aromatic carbocycles. The molecule has 2 unspecified atom stereocenters. The minimum absolute atomic E-state index is 0.602. The van der Waals surface area contributed by atoms with Crippen LogP contribution in [0.25, 0.3) is 16.9 Å². The SMILES string of the molecule is CCCCCCCCCC(=CC(CCCC)CCc1ccccc1C1=C(CCCC)C(CCCCCC)=C(c2ccccc2CCC(C=C(CCCC)CCCCCCCCC)CCCC)[N+]1=[N-])CCCC. The van der Waals surface area contributed by atoms with Crippen LogP contribution in [0.5, 0.6) is 0 Å². The lowest BCUT2D eigenvalue weighted by Gasteiger charge is -2.19. The van der Waals surface area contributed by atoms with Crippen molar-refractivity contribution < 1.29 is 4.70 Å². The first-order valence-corrected chi connectivity index (χ1v) is 31.9. The van der Waals surface area contributed by atoms with E-state index in [9.17, 15) is 5.53 Å². The van der Waals surface area contributed by atoms with Crippen molar-refractivity contribution in [3.8, 4) is 0 Å². The van der Waals surface area contributed by atoms with E-state index in [2.05, 4.69) is 116 Å². The van der Waals surface area contributed by atoms with Gasteiger partial charge in [-0.25, -0.2) is 4.70 Å². The number of benzene rings is 2. The molecule has 0 fully saturated rings. The van der Waals surface area contributed by atoms with E-state index in [4.69, 9.17) is 0 Å². The molecule has 0 N–H and O–H groups in total. The van der Waals surface area contributed by atoms with Crippen molar-refractivity contribution >= 4 is 11.4 Å². The average molecular weight is 986 g/mol. The van der Waals surface area contributed by atoms with Crippen molar-refractivity contribution in [3.63, 3.8) is 0 Å². The Hall–Kier alpha value is -3.00. The number of hydrogen-bond acceptors (Lipinski definition) is 0. The zero-order chi connectivity index (χ0) is 51.9. The third-order valence-electron chi connectivity index (χ3n) is 16.2. The Balaban J connectivity index is 2.02. The fourth-order valence-corrected chi connectivity index (χ4v) is 11.7. The van der Waals surface area contributed by atoms with Crippen LogP contribution in [0.15, 0.2) is 83.0 Å². The maximum absolute atomic E-state index is 13.1. The van der Waals surface area contributed by atoms with Gasteiger partial charge in [0.05, 0.1) is 0 Å². The van der Waals surface area contributed by atoms with Gasteiger partial charge in [0.1, 0.15) is 0 Å². The summed E-state index contributed by atoms with van der Waals surface area (Å²) >= 11 is 0. The molecule has 0 saturated carbocycles. The van der Waals surface area contributed by atoms with E-state index in [0.29, 0.717) is 11.8 Å². The van der Waals surface area contributed by atoms with Crippen LogP contribution in [0.1, 0.15) is 322 Å². The molecule has 1 aliphatic rings. The Bertz CT molecular complexity index is 1830. The Kier molecular flexibility index (Phi) is 36.3.